The molecule has 9 heteroatoms. The number of ether oxygens (including phenoxy) is 1. The summed E-state index contributed by atoms with van der Waals surface area (Å²) in [5.74, 6) is -1.31. The lowest BCUT2D eigenvalue weighted by molar-refractivity contribution is -0.147. The molecule has 0 saturated carbocycles. The van der Waals surface area contributed by atoms with Crippen molar-refractivity contribution in [3.8, 4) is 0 Å². The number of esters is 1. The lowest BCUT2D eigenvalue weighted by Crippen LogP contribution is -2.42. The highest BCUT2D eigenvalue weighted by atomic mass is 79.9. The van der Waals surface area contributed by atoms with Crippen LogP contribution in [0.4, 0.5) is 5.69 Å². The summed E-state index contributed by atoms with van der Waals surface area (Å²) in [5, 5.41) is 0. The van der Waals surface area contributed by atoms with Crippen LogP contribution in [0.15, 0.2) is 27.6 Å². The van der Waals surface area contributed by atoms with Crippen LogP contribution in [0.2, 0.25) is 0 Å². The molecule has 2 aliphatic rings. The Balaban J connectivity index is 2.12. The molecule has 0 aliphatic carbocycles. The first-order chi connectivity index (χ1) is 11.8. The summed E-state index contributed by atoms with van der Waals surface area (Å²) in [4.78, 5) is 40.3. The summed E-state index contributed by atoms with van der Waals surface area (Å²) in [6.45, 7) is 1.54. The third-order valence-corrected chi connectivity index (χ3v) is 5.96. The molecule has 1 aromatic carbocycles. The maximum atomic E-state index is 12.9. The second kappa shape index (κ2) is 6.54. The number of likely N-dealkylation sites (N-methyl/N-ethyl adjacent to an activating group) is 1. The predicted octanol–water partition coefficient (Wildman–Crippen LogP) is 2.56. The first kappa shape index (κ1) is 18.1. The number of anilines is 1. The smallest absolute Gasteiger partial charge is 0.328 e. The van der Waals surface area contributed by atoms with E-state index in [1.165, 1.54) is 23.8 Å². The van der Waals surface area contributed by atoms with Crippen molar-refractivity contribution >= 4 is 73.3 Å². The van der Waals surface area contributed by atoms with Crippen LogP contribution in [0.1, 0.15) is 12.5 Å². The van der Waals surface area contributed by atoms with Gasteiger partial charge in [0, 0.05) is 17.1 Å². The van der Waals surface area contributed by atoms with E-state index in [0.717, 1.165) is 21.9 Å². The maximum Gasteiger partial charge on any atom is 0.328 e. The minimum Gasteiger partial charge on any atom is -0.467 e. The van der Waals surface area contributed by atoms with Crippen LogP contribution < -0.4 is 4.90 Å². The Labute approximate surface area is 162 Å². The molecule has 25 heavy (non-hydrogen) atoms. The lowest BCUT2D eigenvalue weighted by atomic mass is 10.1. The molecule has 2 aliphatic heterocycles. The molecule has 6 nitrogen and oxygen atoms in total. The Morgan fingerprint density at radius 1 is 1.32 bits per heavy atom. The number of hydrogen-bond donors (Lipinski definition) is 0. The van der Waals surface area contributed by atoms with Gasteiger partial charge in [-0.05, 0) is 25.1 Å². The van der Waals surface area contributed by atoms with E-state index in [-0.39, 0.29) is 15.1 Å². The van der Waals surface area contributed by atoms with E-state index in [9.17, 15) is 14.4 Å². The Bertz CT molecular complexity index is 868. The average Bonchev–Trinajstić information content (AvgIpc) is 2.99. The van der Waals surface area contributed by atoms with Gasteiger partial charge >= 0.3 is 5.97 Å². The van der Waals surface area contributed by atoms with Gasteiger partial charge in [0.1, 0.15) is 10.4 Å². The molecule has 1 atom stereocenters. The minimum absolute atomic E-state index is 0.226. The molecule has 1 aromatic rings. The fourth-order valence-corrected chi connectivity index (χ4v) is 4.60. The molecule has 0 aromatic heterocycles. The van der Waals surface area contributed by atoms with E-state index in [1.54, 1.807) is 13.1 Å². The molecule has 2 heterocycles. The number of thioether (sulfide) groups is 1. The number of carbonyl (C=O) groups is 3. The van der Waals surface area contributed by atoms with E-state index in [2.05, 4.69) is 15.9 Å². The summed E-state index contributed by atoms with van der Waals surface area (Å²) in [6, 6.07) is 4.58. The number of rotatable bonds is 2. The fraction of sp³-hybridized carbons (Fsp3) is 0.250. The molecule has 0 bridgehead atoms. The average molecular weight is 441 g/mol. The number of fused-ring (bicyclic) bond motifs is 1. The van der Waals surface area contributed by atoms with E-state index in [1.807, 2.05) is 12.1 Å². The van der Waals surface area contributed by atoms with E-state index >= 15 is 0 Å². The molecule has 0 unspecified atom stereocenters. The molecule has 0 radical (unpaired) electrons. The van der Waals surface area contributed by atoms with Crippen molar-refractivity contribution in [2.24, 2.45) is 0 Å². The standard InChI is InChI=1S/C16H13BrN2O4S2/c1-7(15(22)23-3)19-14(21)12(25-16(19)24)11-9-6-8(17)4-5-10(9)18(2)13(11)20/h4-7H,1-3H3/b12-11+/t7-/m0/s1. The molecular weight excluding hydrogens is 428 g/mol. The molecule has 130 valence electrons. The van der Waals surface area contributed by atoms with Crippen molar-refractivity contribution in [3.05, 3.63) is 33.1 Å². The van der Waals surface area contributed by atoms with Gasteiger partial charge < -0.3 is 9.64 Å². The lowest BCUT2D eigenvalue weighted by Gasteiger charge is -2.20. The number of halogens is 1. The van der Waals surface area contributed by atoms with E-state index in [0.29, 0.717) is 11.1 Å². The number of thiocarbonyl (C=S) groups is 1. The number of methoxy groups -OCH3 is 1. The molecule has 1 saturated heterocycles. The summed E-state index contributed by atoms with van der Waals surface area (Å²) in [7, 11) is 2.90. The van der Waals surface area contributed by atoms with Gasteiger partial charge in [-0.2, -0.15) is 0 Å². The summed E-state index contributed by atoms with van der Waals surface area (Å²) in [6.07, 6.45) is 0. The third-order valence-electron chi connectivity index (χ3n) is 4.06. The van der Waals surface area contributed by atoms with E-state index < -0.39 is 17.9 Å². The van der Waals surface area contributed by atoms with Crippen LogP contribution in [-0.4, -0.2) is 47.2 Å². The second-order valence-corrected chi connectivity index (χ2v) is 8.03. The first-order valence-electron chi connectivity index (χ1n) is 7.23. The van der Waals surface area contributed by atoms with Gasteiger partial charge in [0.05, 0.1) is 23.3 Å². The van der Waals surface area contributed by atoms with Gasteiger partial charge in [0.2, 0.25) is 0 Å². The maximum absolute atomic E-state index is 12.9. The Morgan fingerprint density at radius 2 is 2.00 bits per heavy atom. The quantitative estimate of drug-likeness (QED) is 0.399. The minimum atomic E-state index is -0.855. The molecular formula is C16H13BrN2O4S2. The first-order valence-corrected chi connectivity index (χ1v) is 9.25. The highest BCUT2D eigenvalue weighted by molar-refractivity contribution is 9.10. The van der Waals surface area contributed by atoms with Gasteiger partial charge in [-0.3, -0.25) is 14.5 Å². The zero-order chi connectivity index (χ0) is 18.5. The fourth-order valence-electron chi connectivity index (χ4n) is 2.75. The molecule has 3 rings (SSSR count). The van der Waals surface area contributed by atoms with Gasteiger partial charge in [-0.25, -0.2) is 4.79 Å². The molecule has 1 fully saturated rings. The second-order valence-electron chi connectivity index (χ2n) is 5.47. The number of nitrogens with zero attached hydrogens (tertiary/aromatic N) is 2. The Morgan fingerprint density at radius 3 is 2.64 bits per heavy atom. The van der Waals surface area contributed by atoms with Gasteiger partial charge in [-0.15, -0.1) is 0 Å². The third kappa shape index (κ3) is 2.80. The summed E-state index contributed by atoms with van der Waals surface area (Å²) >= 11 is 9.68. The normalized spacial score (nSPS) is 21.0. The highest BCUT2D eigenvalue weighted by Crippen LogP contribution is 2.45. The monoisotopic (exact) mass is 440 g/mol. The van der Waals surface area contributed by atoms with Crippen molar-refractivity contribution in [2.45, 2.75) is 13.0 Å². The van der Waals surface area contributed by atoms with Crippen molar-refractivity contribution in [1.82, 2.24) is 4.90 Å². The van der Waals surface area contributed by atoms with Crippen LogP contribution >= 0.6 is 39.9 Å². The summed E-state index contributed by atoms with van der Waals surface area (Å²) < 4.78 is 5.72. The molecule has 0 N–H and O–H groups in total. The van der Waals surface area contributed by atoms with Crippen LogP contribution in [0, 0.1) is 0 Å². The van der Waals surface area contributed by atoms with Gasteiger partial charge in [0.15, 0.2) is 0 Å². The SMILES string of the molecule is COC(=O)[C@H](C)N1C(=O)/C(=C2\C(=O)N(C)c3ccc(Br)cc32)SC1=S. The topological polar surface area (TPSA) is 66.9 Å². The van der Waals surface area contributed by atoms with Crippen LogP contribution in [0.25, 0.3) is 5.57 Å². The molecule has 0 spiro atoms. The highest BCUT2D eigenvalue weighted by Gasteiger charge is 2.44. The van der Waals surface area contributed by atoms with Crippen molar-refractivity contribution < 1.29 is 19.1 Å². The number of amides is 2. The van der Waals surface area contributed by atoms with Crippen LogP contribution in [0.5, 0.6) is 0 Å². The number of hydrogen-bond acceptors (Lipinski definition) is 6. The zero-order valence-corrected chi connectivity index (χ0v) is 16.8. The largest absolute Gasteiger partial charge is 0.467 e. The summed E-state index contributed by atoms with van der Waals surface area (Å²) in [5.41, 5.74) is 1.68. The van der Waals surface area contributed by atoms with Crippen molar-refractivity contribution in [1.29, 1.82) is 0 Å². The Hall–Kier alpha value is -1.71. The van der Waals surface area contributed by atoms with Crippen LogP contribution in [-0.2, 0) is 19.1 Å². The predicted molar refractivity (Wildman–Crippen MR) is 103 cm³/mol. The van der Waals surface area contributed by atoms with Crippen molar-refractivity contribution in [3.63, 3.8) is 0 Å². The van der Waals surface area contributed by atoms with Gasteiger partial charge in [-0.1, -0.05) is 39.9 Å². The van der Waals surface area contributed by atoms with E-state index in [4.69, 9.17) is 17.0 Å². The number of carbonyl (C=O) groups excluding carboxylic acids is 3. The van der Waals surface area contributed by atoms with Gasteiger partial charge in [0.25, 0.3) is 11.8 Å². The Kier molecular flexibility index (Phi) is 4.74. The van der Waals surface area contributed by atoms with Crippen LogP contribution in [0.3, 0.4) is 0 Å². The zero-order valence-electron chi connectivity index (χ0n) is 13.5. The number of benzene rings is 1. The molecule has 2 amide bonds. The van der Waals surface area contributed by atoms with Crippen molar-refractivity contribution in [2.75, 3.05) is 19.1 Å².